The lowest BCUT2D eigenvalue weighted by atomic mass is 10.1. The number of rotatable bonds is 6. The summed E-state index contributed by atoms with van der Waals surface area (Å²) in [6, 6.07) is 12.5. The van der Waals surface area contributed by atoms with Gasteiger partial charge in [-0.1, -0.05) is 24.3 Å². The number of para-hydroxylation sites is 1. The van der Waals surface area contributed by atoms with Gasteiger partial charge in [-0.15, -0.1) is 0 Å². The van der Waals surface area contributed by atoms with Crippen LogP contribution in [0.25, 0.3) is 17.0 Å². The van der Waals surface area contributed by atoms with Gasteiger partial charge >= 0.3 is 11.9 Å². The maximum absolute atomic E-state index is 12.2. The molecule has 29 heavy (non-hydrogen) atoms. The molecular weight excluding hydrogens is 376 g/mol. The summed E-state index contributed by atoms with van der Waals surface area (Å²) < 4.78 is 26.5. The molecule has 7 heteroatoms. The molecule has 0 atom stereocenters. The number of fused-ring (bicyclic) bond motifs is 2. The van der Waals surface area contributed by atoms with Crippen molar-refractivity contribution in [2.75, 3.05) is 13.4 Å². The Morgan fingerprint density at radius 3 is 2.76 bits per heavy atom. The monoisotopic (exact) mass is 394 g/mol. The van der Waals surface area contributed by atoms with Crippen LogP contribution >= 0.6 is 0 Å². The van der Waals surface area contributed by atoms with Crippen molar-refractivity contribution in [3.63, 3.8) is 0 Å². The molecule has 0 saturated carbocycles. The molecule has 3 aromatic rings. The molecule has 0 radical (unpaired) electrons. The molecule has 0 fully saturated rings. The lowest BCUT2D eigenvalue weighted by Crippen LogP contribution is -2.08. The summed E-state index contributed by atoms with van der Waals surface area (Å²) in [6.45, 7) is 2.00. The first-order valence-corrected chi connectivity index (χ1v) is 9.07. The van der Waals surface area contributed by atoms with Crippen LogP contribution in [-0.4, -0.2) is 25.3 Å². The Labute approximate surface area is 166 Å². The topological polar surface area (TPSA) is 84.2 Å². The highest BCUT2D eigenvalue weighted by Gasteiger charge is 2.22. The van der Waals surface area contributed by atoms with Gasteiger partial charge in [0.25, 0.3) is 0 Å². The van der Waals surface area contributed by atoms with Gasteiger partial charge in [0.15, 0.2) is 11.5 Å². The van der Waals surface area contributed by atoms with Crippen molar-refractivity contribution in [1.82, 2.24) is 0 Å². The number of esters is 2. The molecule has 2 heterocycles. The van der Waals surface area contributed by atoms with Crippen molar-refractivity contribution in [2.45, 2.75) is 13.5 Å². The van der Waals surface area contributed by atoms with Gasteiger partial charge in [0.1, 0.15) is 12.2 Å². The molecule has 7 nitrogen and oxygen atoms in total. The van der Waals surface area contributed by atoms with Crippen LogP contribution in [0.3, 0.4) is 0 Å². The van der Waals surface area contributed by atoms with Crippen LogP contribution in [0.5, 0.6) is 11.5 Å². The standard InChI is InChI=1S/C22H18O7/c1-2-25-22(24)21-16(15-5-3-4-6-17(15)29-21)12-26-20(23)10-8-14-7-9-18-19(11-14)28-13-27-18/h3-11H,2,12-13H2,1H3. The van der Waals surface area contributed by atoms with E-state index in [1.165, 1.54) is 6.08 Å². The predicted octanol–water partition coefficient (Wildman–Crippen LogP) is 4.09. The zero-order valence-electron chi connectivity index (χ0n) is 15.7. The second kappa shape index (κ2) is 8.10. The lowest BCUT2D eigenvalue weighted by Gasteiger charge is -2.04. The maximum Gasteiger partial charge on any atom is 0.374 e. The molecule has 0 bridgehead atoms. The minimum absolute atomic E-state index is 0.0422. The van der Waals surface area contributed by atoms with Crippen LogP contribution in [0.2, 0.25) is 0 Å². The number of carbonyl (C=O) groups is 2. The minimum Gasteiger partial charge on any atom is -0.460 e. The Bertz CT molecular complexity index is 1090. The molecule has 0 saturated heterocycles. The highest BCUT2D eigenvalue weighted by molar-refractivity contribution is 5.96. The fraction of sp³-hybridized carbons (Fsp3) is 0.182. The number of benzene rings is 2. The summed E-state index contributed by atoms with van der Waals surface area (Å²) in [5.74, 6) is 0.196. The normalized spacial score (nSPS) is 12.4. The van der Waals surface area contributed by atoms with E-state index in [0.717, 1.165) is 5.56 Å². The molecule has 0 aliphatic carbocycles. The van der Waals surface area contributed by atoms with Gasteiger partial charge in [-0.05, 0) is 36.8 Å². The number of hydrogen-bond donors (Lipinski definition) is 0. The second-order valence-corrected chi connectivity index (χ2v) is 6.18. The summed E-state index contributed by atoms with van der Waals surface area (Å²) >= 11 is 0. The van der Waals surface area contributed by atoms with Gasteiger partial charge in [0.2, 0.25) is 12.6 Å². The van der Waals surface area contributed by atoms with Crippen LogP contribution in [0.1, 0.15) is 28.6 Å². The third-order valence-electron chi connectivity index (χ3n) is 4.33. The molecule has 2 aromatic carbocycles. The van der Waals surface area contributed by atoms with E-state index in [0.29, 0.717) is 28.0 Å². The van der Waals surface area contributed by atoms with Gasteiger partial charge in [0.05, 0.1) is 12.2 Å². The first-order chi connectivity index (χ1) is 14.2. The molecule has 1 aromatic heterocycles. The average molecular weight is 394 g/mol. The maximum atomic E-state index is 12.2. The van der Waals surface area contributed by atoms with E-state index in [-0.39, 0.29) is 25.8 Å². The van der Waals surface area contributed by atoms with Gasteiger partial charge < -0.3 is 23.4 Å². The van der Waals surface area contributed by atoms with E-state index in [4.69, 9.17) is 23.4 Å². The largest absolute Gasteiger partial charge is 0.460 e. The minimum atomic E-state index is -0.592. The lowest BCUT2D eigenvalue weighted by molar-refractivity contribution is -0.138. The number of hydrogen-bond acceptors (Lipinski definition) is 7. The molecule has 1 aliphatic rings. The van der Waals surface area contributed by atoms with E-state index < -0.39 is 11.9 Å². The van der Waals surface area contributed by atoms with Gasteiger partial charge in [-0.3, -0.25) is 0 Å². The van der Waals surface area contributed by atoms with Crippen LogP contribution in [0.15, 0.2) is 53.0 Å². The molecule has 148 valence electrons. The van der Waals surface area contributed by atoms with E-state index in [1.54, 1.807) is 49.4 Å². The van der Waals surface area contributed by atoms with Crippen LogP contribution in [0.4, 0.5) is 0 Å². The molecule has 1 aliphatic heterocycles. The highest BCUT2D eigenvalue weighted by Crippen LogP contribution is 2.33. The van der Waals surface area contributed by atoms with E-state index in [2.05, 4.69) is 0 Å². The fourth-order valence-corrected chi connectivity index (χ4v) is 2.98. The number of furan rings is 1. The highest BCUT2D eigenvalue weighted by atomic mass is 16.7. The molecular formula is C22H18O7. The molecule has 0 spiro atoms. The Morgan fingerprint density at radius 1 is 1.07 bits per heavy atom. The third kappa shape index (κ3) is 3.94. The number of carbonyl (C=O) groups excluding carboxylic acids is 2. The van der Waals surface area contributed by atoms with Crippen molar-refractivity contribution in [3.8, 4) is 11.5 Å². The Hall–Kier alpha value is -3.74. The van der Waals surface area contributed by atoms with E-state index in [1.807, 2.05) is 6.07 Å². The summed E-state index contributed by atoms with van der Waals surface area (Å²) in [5, 5.41) is 0.697. The van der Waals surface area contributed by atoms with E-state index >= 15 is 0 Å². The molecule has 0 unspecified atom stereocenters. The first-order valence-electron chi connectivity index (χ1n) is 9.07. The predicted molar refractivity (Wildman–Crippen MR) is 104 cm³/mol. The Balaban J connectivity index is 1.48. The Morgan fingerprint density at radius 2 is 1.90 bits per heavy atom. The summed E-state index contributed by atoms with van der Waals surface area (Å²) in [7, 11) is 0. The van der Waals surface area contributed by atoms with Crippen LogP contribution in [-0.2, 0) is 20.9 Å². The van der Waals surface area contributed by atoms with E-state index in [9.17, 15) is 9.59 Å². The smallest absolute Gasteiger partial charge is 0.374 e. The first kappa shape index (κ1) is 18.6. The van der Waals surface area contributed by atoms with Crippen molar-refractivity contribution >= 4 is 29.0 Å². The van der Waals surface area contributed by atoms with Crippen molar-refractivity contribution in [2.24, 2.45) is 0 Å². The zero-order chi connectivity index (χ0) is 20.2. The quantitative estimate of drug-likeness (QED) is 0.460. The Kier molecular flexibility index (Phi) is 5.20. The van der Waals surface area contributed by atoms with Crippen molar-refractivity contribution in [3.05, 3.63) is 65.4 Å². The SMILES string of the molecule is CCOC(=O)c1oc2ccccc2c1COC(=O)C=Cc1ccc2c(c1)OCO2. The van der Waals surface area contributed by atoms with Gasteiger partial charge in [-0.2, -0.15) is 0 Å². The van der Waals surface area contributed by atoms with Crippen molar-refractivity contribution < 1.29 is 33.0 Å². The molecule has 0 amide bonds. The van der Waals surface area contributed by atoms with Crippen molar-refractivity contribution in [1.29, 1.82) is 0 Å². The summed E-state index contributed by atoms with van der Waals surface area (Å²) in [4.78, 5) is 24.4. The molecule has 0 N–H and O–H groups in total. The second-order valence-electron chi connectivity index (χ2n) is 6.18. The van der Waals surface area contributed by atoms with Crippen LogP contribution < -0.4 is 9.47 Å². The molecule has 4 rings (SSSR count). The number of ether oxygens (including phenoxy) is 4. The van der Waals surface area contributed by atoms with Gasteiger partial charge in [-0.25, -0.2) is 9.59 Å². The average Bonchev–Trinajstić information content (AvgIpc) is 3.35. The third-order valence-corrected chi connectivity index (χ3v) is 4.33. The summed E-state index contributed by atoms with van der Waals surface area (Å²) in [6.07, 6.45) is 2.92. The van der Waals surface area contributed by atoms with Crippen LogP contribution in [0, 0.1) is 0 Å². The fourth-order valence-electron chi connectivity index (χ4n) is 2.98. The van der Waals surface area contributed by atoms with Gasteiger partial charge in [0, 0.05) is 11.5 Å². The zero-order valence-corrected chi connectivity index (χ0v) is 15.7. The summed E-state index contributed by atoms with van der Waals surface area (Å²) in [5.41, 5.74) is 1.77.